The maximum absolute atomic E-state index is 12.6. The maximum atomic E-state index is 12.6. The van der Waals surface area contributed by atoms with Crippen molar-refractivity contribution in [3.05, 3.63) is 53.1 Å². The Bertz CT molecular complexity index is 889. The van der Waals surface area contributed by atoms with Crippen molar-refractivity contribution in [2.45, 2.75) is 31.6 Å². The molecular weight excluding hydrogens is 312 g/mol. The summed E-state index contributed by atoms with van der Waals surface area (Å²) in [4.78, 5) is 11.7. The number of sulfonamides is 1. The number of carbonyl (C=O) groups excluding carboxylic acids is 1. The third-order valence-corrected chi connectivity index (χ3v) is 5.41. The molecule has 1 heterocycles. The van der Waals surface area contributed by atoms with Crippen molar-refractivity contribution in [3.63, 3.8) is 0 Å². The number of amides is 1. The molecule has 1 aliphatic rings. The molecule has 0 radical (unpaired) electrons. The van der Waals surface area contributed by atoms with Gasteiger partial charge in [0, 0.05) is 17.8 Å². The Hall–Kier alpha value is -2.34. The van der Waals surface area contributed by atoms with Crippen LogP contribution in [0.25, 0.3) is 0 Å². The van der Waals surface area contributed by atoms with E-state index in [0.29, 0.717) is 24.1 Å². The van der Waals surface area contributed by atoms with E-state index >= 15 is 0 Å². The lowest BCUT2D eigenvalue weighted by atomic mass is 10.0. The molecule has 2 N–H and O–H groups in total. The SMILES string of the molecule is Cc1ccc(C)c(S(=O)(=O)Nc2ccc3c(c2)CCC(=O)N3)c1. The molecule has 6 heteroatoms. The Kier molecular flexibility index (Phi) is 3.85. The van der Waals surface area contributed by atoms with E-state index in [1.54, 1.807) is 37.3 Å². The molecule has 0 saturated heterocycles. The zero-order chi connectivity index (χ0) is 16.6. The Morgan fingerprint density at radius 2 is 1.83 bits per heavy atom. The molecule has 0 unspecified atom stereocenters. The van der Waals surface area contributed by atoms with Gasteiger partial charge in [-0.2, -0.15) is 0 Å². The minimum Gasteiger partial charge on any atom is -0.326 e. The van der Waals surface area contributed by atoms with Gasteiger partial charge in [0.15, 0.2) is 0 Å². The van der Waals surface area contributed by atoms with Crippen LogP contribution in [-0.4, -0.2) is 14.3 Å². The summed E-state index contributed by atoms with van der Waals surface area (Å²) in [6.45, 7) is 3.64. The molecule has 2 aromatic carbocycles. The normalized spacial score (nSPS) is 14.1. The van der Waals surface area contributed by atoms with E-state index in [0.717, 1.165) is 16.8 Å². The Balaban J connectivity index is 1.92. The summed E-state index contributed by atoms with van der Waals surface area (Å²) in [5, 5.41) is 2.78. The highest BCUT2D eigenvalue weighted by Gasteiger charge is 2.19. The number of benzene rings is 2. The number of rotatable bonds is 3. The number of aryl methyl sites for hydroxylation is 3. The van der Waals surface area contributed by atoms with Gasteiger partial charge in [-0.1, -0.05) is 12.1 Å². The second-order valence-corrected chi connectivity index (χ2v) is 7.45. The van der Waals surface area contributed by atoms with Crippen molar-refractivity contribution < 1.29 is 13.2 Å². The summed E-state index contributed by atoms with van der Waals surface area (Å²) in [5.41, 5.74) is 3.78. The fourth-order valence-electron chi connectivity index (χ4n) is 2.65. The summed E-state index contributed by atoms with van der Waals surface area (Å²) in [5.74, 6) is -0.0128. The van der Waals surface area contributed by atoms with Gasteiger partial charge in [0.1, 0.15) is 0 Å². The monoisotopic (exact) mass is 330 g/mol. The van der Waals surface area contributed by atoms with Crippen molar-refractivity contribution >= 4 is 27.3 Å². The fraction of sp³-hybridized carbons (Fsp3) is 0.235. The molecule has 2 aromatic rings. The van der Waals surface area contributed by atoms with E-state index in [2.05, 4.69) is 10.0 Å². The summed E-state index contributed by atoms with van der Waals surface area (Å²) in [6, 6.07) is 10.5. The molecule has 0 spiro atoms. The van der Waals surface area contributed by atoms with Crippen molar-refractivity contribution in [3.8, 4) is 0 Å². The lowest BCUT2D eigenvalue weighted by Gasteiger charge is -2.18. The van der Waals surface area contributed by atoms with E-state index < -0.39 is 10.0 Å². The van der Waals surface area contributed by atoms with Crippen LogP contribution in [0.5, 0.6) is 0 Å². The van der Waals surface area contributed by atoms with Gasteiger partial charge in [-0.25, -0.2) is 8.42 Å². The molecule has 23 heavy (non-hydrogen) atoms. The molecule has 0 fully saturated rings. The standard InChI is InChI=1S/C17H18N2O3S/c1-11-3-4-12(2)16(9-11)23(21,22)19-14-6-7-15-13(10-14)5-8-17(20)18-15/h3-4,6-7,9-10,19H,5,8H2,1-2H3,(H,18,20). The number of hydrogen-bond donors (Lipinski definition) is 2. The first-order chi connectivity index (χ1) is 10.8. The number of anilines is 2. The average molecular weight is 330 g/mol. The highest BCUT2D eigenvalue weighted by molar-refractivity contribution is 7.92. The molecule has 1 amide bonds. The molecule has 120 valence electrons. The van der Waals surface area contributed by atoms with Crippen molar-refractivity contribution in [2.75, 3.05) is 10.0 Å². The first kappa shape index (κ1) is 15.6. The van der Waals surface area contributed by atoms with Gasteiger partial charge in [0.25, 0.3) is 10.0 Å². The average Bonchev–Trinajstić information content (AvgIpc) is 2.49. The van der Waals surface area contributed by atoms with Crippen LogP contribution in [0, 0.1) is 13.8 Å². The molecule has 5 nitrogen and oxygen atoms in total. The van der Waals surface area contributed by atoms with Crippen LogP contribution < -0.4 is 10.0 Å². The van der Waals surface area contributed by atoms with Gasteiger partial charge in [0.2, 0.25) is 5.91 Å². The Morgan fingerprint density at radius 3 is 2.61 bits per heavy atom. The van der Waals surface area contributed by atoms with Gasteiger partial charge in [-0.05, 0) is 61.2 Å². The number of nitrogens with one attached hydrogen (secondary N) is 2. The van der Waals surface area contributed by atoms with Crippen molar-refractivity contribution in [2.24, 2.45) is 0 Å². The van der Waals surface area contributed by atoms with Gasteiger partial charge < -0.3 is 5.32 Å². The Labute approximate surface area is 135 Å². The van der Waals surface area contributed by atoms with Crippen LogP contribution in [0.2, 0.25) is 0 Å². The minimum absolute atomic E-state index is 0.0128. The lowest BCUT2D eigenvalue weighted by Crippen LogP contribution is -2.19. The fourth-order valence-corrected chi connectivity index (χ4v) is 4.03. The third kappa shape index (κ3) is 3.22. The predicted octanol–water partition coefficient (Wildman–Crippen LogP) is 2.99. The predicted molar refractivity (Wildman–Crippen MR) is 90.1 cm³/mol. The zero-order valence-electron chi connectivity index (χ0n) is 13.0. The molecular formula is C17H18N2O3S. The maximum Gasteiger partial charge on any atom is 0.262 e. The Morgan fingerprint density at radius 1 is 1.04 bits per heavy atom. The second-order valence-electron chi connectivity index (χ2n) is 5.79. The third-order valence-electron chi connectivity index (χ3n) is 3.89. The smallest absolute Gasteiger partial charge is 0.262 e. The van der Waals surface area contributed by atoms with E-state index in [4.69, 9.17) is 0 Å². The molecule has 0 atom stereocenters. The zero-order valence-corrected chi connectivity index (χ0v) is 13.8. The van der Waals surface area contributed by atoms with Crippen LogP contribution in [0.1, 0.15) is 23.1 Å². The molecule has 0 saturated carbocycles. The number of fused-ring (bicyclic) bond motifs is 1. The first-order valence-electron chi connectivity index (χ1n) is 7.38. The molecule has 0 aliphatic carbocycles. The topological polar surface area (TPSA) is 75.3 Å². The van der Waals surface area contributed by atoms with Crippen LogP contribution in [-0.2, 0) is 21.2 Å². The summed E-state index contributed by atoms with van der Waals surface area (Å²) in [6.07, 6.45) is 1.03. The van der Waals surface area contributed by atoms with Crippen molar-refractivity contribution in [1.82, 2.24) is 0 Å². The van der Waals surface area contributed by atoms with E-state index in [9.17, 15) is 13.2 Å². The summed E-state index contributed by atoms with van der Waals surface area (Å²) < 4.78 is 27.9. The summed E-state index contributed by atoms with van der Waals surface area (Å²) in [7, 11) is -3.64. The summed E-state index contributed by atoms with van der Waals surface area (Å²) >= 11 is 0. The molecule has 1 aliphatic heterocycles. The first-order valence-corrected chi connectivity index (χ1v) is 8.86. The number of hydrogen-bond acceptors (Lipinski definition) is 3. The quantitative estimate of drug-likeness (QED) is 0.908. The van der Waals surface area contributed by atoms with Crippen LogP contribution in [0.3, 0.4) is 0 Å². The molecule has 0 aromatic heterocycles. The molecule has 3 rings (SSSR count). The highest BCUT2D eigenvalue weighted by atomic mass is 32.2. The lowest BCUT2D eigenvalue weighted by molar-refractivity contribution is -0.116. The molecule has 0 bridgehead atoms. The van der Waals surface area contributed by atoms with Crippen molar-refractivity contribution in [1.29, 1.82) is 0 Å². The second kappa shape index (κ2) is 5.70. The van der Waals surface area contributed by atoms with Crippen LogP contribution in [0.15, 0.2) is 41.3 Å². The van der Waals surface area contributed by atoms with E-state index in [1.165, 1.54) is 0 Å². The van der Waals surface area contributed by atoms with Gasteiger partial charge in [0.05, 0.1) is 4.90 Å². The van der Waals surface area contributed by atoms with Crippen LogP contribution in [0.4, 0.5) is 11.4 Å². The van der Waals surface area contributed by atoms with Gasteiger partial charge in [-0.3, -0.25) is 9.52 Å². The largest absolute Gasteiger partial charge is 0.326 e. The highest BCUT2D eigenvalue weighted by Crippen LogP contribution is 2.27. The van der Waals surface area contributed by atoms with E-state index in [-0.39, 0.29) is 10.8 Å². The van der Waals surface area contributed by atoms with Gasteiger partial charge >= 0.3 is 0 Å². The van der Waals surface area contributed by atoms with Gasteiger partial charge in [-0.15, -0.1) is 0 Å². The van der Waals surface area contributed by atoms with Crippen LogP contribution >= 0.6 is 0 Å². The van der Waals surface area contributed by atoms with E-state index in [1.807, 2.05) is 13.0 Å². The number of carbonyl (C=O) groups is 1. The minimum atomic E-state index is -3.64.